The first-order valence-corrected chi connectivity index (χ1v) is 6.60. The molecule has 1 rings (SSSR count). The molecule has 0 aliphatic heterocycles. The van der Waals surface area contributed by atoms with E-state index in [1.807, 2.05) is 6.92 Å². The molecule has 1 aromatic rings. The maximum atomic E-state index is 11.0. The smallest absolute Gasteiger partial charge is 0.345 e. The first kappa shape index (κ1) is 12.1. The molecule has 1 heterocycles. The second-order valence-corrected chi connectivity index (χ2v) is 5.76. The number of hydrogen-bond acceptors (Lipinski definition) is 6. The van der Waals surface area contributed by atoms with E-state index in [9.17, 15) is 14.3 Å². The summed E-state index contributed by atoms with van der Waals surface area (Å²) in [4.78, 5) is 13.7. The molecule has 2 atom stereocenters. The van der Waals surface area contributed by atoms with E-state index in [-0.39, 0.29) is 10.3 Å². The van der Waals surface area contributed by atoms with Crippen molar-refractivity contribution in [2.75, 3.05) is 18.1 Å². The number of rotatable bonds is 5. The predicted octanol–water partition coefficient (Wildman–Crippen LogP) is 1.23. The van der Waals surface area contributed by atoms with Gasteiger partial charge in [0.2, 0.25) is 0 Å². The fourth-order valence-electron chi connectivity index (χ4n) is 0.780. The molecule has 0 fully saturated rings. The maximum Gasteiger partial charge on any atom is 0.345 e. The largest absolute Gasteiger partial charge is 0.360 e. The summed E-state index contributed by atoms with van der Waals surface area (Å²) in [5, 5.41) is 13.8. The Balaban J connectivity index is 2.51. The average Bonchev–Trinajstić information content (AvgIpc) is 2.62. The van der Waals surface area contributed by atoms with E-state index >= 15 is 0 Å². The molecule has 0 aliphatic rings. The van der Waals surface area contributed by atoms with Crippen LogP contribution in [0.5, 0.6) is 0 Å². The molecule has 0 spiro atoms. The van der Waals surface area contributed by atoms with E-state index in [1.165, 1.54) is 6.20 Å². The van der Waals surface area contributed by atoms with Crippen LogP contribution >= 0.6 is 11.3 Å². The summed E-state index contributed by atoms with van der Waals surface area (Å²) >= 11 is 0.974. The van der Waals surface area contributed by atoms with E-state index in [0.717, 1.165) is 11.3 Å². The van der Waals surface area contributed by atoms with Crippen molar-refractivity contribution in [3.63, 3.8) is 0 Å². The van der Waals surface area contributed by atoms with Gasteiger partial charge in [0.05, 0.1) is 4.92 Å². The Kier molecular flexibility index (Phi) is 4.15. The standard InChI is InChI=1S/C7H11N3O3S2/c1-5(15(2)13)3-8-7-9-4-6(14-7)10(11)12/h4-5H,3H2,1-2H3,(H,8,9). The van der Waals surface area contributed by atoms with Crippen LogP contribution in [0.3, 0.4) is 0 Å². The first-order valence-electron chi connectivity index (χ1n) is 4.17. The van der Waals surface area contributed by atoms with Gasteiger partial charge in [-0.1, -0.05) is 0 Å². The zero-order valence-corrected chi connectivity index (χ0v) is 9.93. The molecule has 84 valence electrons. The molecule has 0 radical (unpaired) electrons. The molecule has 6 nitrogen and oxygen atoms in total. The van der Waals surface area contributed by atoms with E-state index in [1.54, 1.807) is 6.26 Å². The number of nitrogens with zero attached hydrogens (tertiary/aromatic N) is 2. The Labute approximate surface area is 93.3 Å². The number of thiazole rings is 1. The van der Waals surface area contributed by atoms with Gasteiger partial charge >= 0.3 is 5.00 Å². The highest BCUT2D eigenvalue weighted by Crippen LogP contribution is 2.24. The van der Waals surface area contributed by atoms with Gasteiger partial charge in [-0.15, -0.1) is 0 Å². The Morgan fingerprint density at radius 2 is 2.47 bits per heavy atom. The van der Waals surface area contributed by atoms with Gasteiger partial charge in [0.25, 0.3) is 0 Å². The number of hydrogen-bond donors (Lipinski definition) is 1. The van der Waals surface area contributed by atoms with Crippen molar-refractivity contribution in [1.82, 2.24) is 4.98 Å². The van der Waals surface area contributed by atoms with E-state index in [2.05, 4.69) is 10.3 Å². The van der Waals surface area contributed by atoms with Gasteiger partial charge in [-0.2, -0.15) is 0 Å². The Bertz CT molecular complexity index is 379. The van der Waals surface area contributed by atoms with E-state index in [0.29, 0.717) is 11.7 Å². The van der Waals surface area contributed by atoms with Crippen LogP contribution < -0.4 is 5.32 Å². The lowest BCUT2D eigenvalue weighted by Crippen LogP contribution is -2.20. The van der Waals surface area contributed by atoms with Crippen LogP contribution in [0.4, 0.5) is 10.1 Å². The minimum absolute atomic E-state index is 0.00257. The molecular formula is C7H11N3O3S2. The zero-order chi connectivity index (χ0) is 11.4. The predicted molar refractivity (Wildman–Crippen MR) is 60.8 cm³/mol. The second kappa shape index (κ2) is 5.17. The molecule has 0 saturated carbocycles. The molecule has 8 heteroatoms. The normalized spacial score (nSPS) is 14.5. The molecule has 0 bridgehead atoms. The molecule has 0 aromatic carbocycles. The Morgan fingerprint density at radius 3 is 2.93 bits per heavy atom. The third kappa shape index (κ3) is 3.56. The molecular weight excluding hydrogens is 238 g/mol. The SMILES string of the molecule is CC(CNc1ncc([N+](=O)[O-])s1)S(C)=O. The lowest BCUT2D eigenvalue weighted by Gasteiger charge is -2.07. The highest BCUT2D eigenvalue weighted by molar-refractivity contribution is 7.84. The van der Waals surface area contributed by atoms with Crippen molar-refractivity contribution in [2.45, 2.75) is 12.2 Å². The van der Waals surface area contributed by atoms with Gasteiger partial charge in [-0.25, -0.2) is 4.98 Å². The van der Waals surface area contributed by atoms with Crippen molar-refractivity contribution in [3.05, 3.63) is 16.3 Å². The van der Waals surface area contributed by atoms with Gasteiger partial charge in [0, 0.05) is 28.9 Å². The molecule has 1 N–H and O–H groups in total. The van der Waals surface area contributed by atoms with Crippen LogP contribution in [0.1, 0.15) is 6.92 Å². The summed E-state index contributed by atoms with van der Waals surface area (Å²) in [5.74, 6) is 0. The van der Waals surface area contributed by atoms with Crippen molar-refractivity contribution in [3.8, 4) is 0 Å². The summed E-state index contributed by atoms with van der Waals surface area (Å²) in [6, 6.07) is 0. The average molecular weight is 249 g/mol. The molecule has 1 aromatic heterocycles. The zero-order valence-electron chi connectivity index (χ0n) is 8.30. The number of nitrogens with one attached hydrogen (secondary N) is 1. The van der Waals surface area contributed by atoms with Crippen molar-refractivity contribution < 1.29 is 9.13 Å². The van der Waals surface area contributed by atoms with E-state index in [4.69, 9.17) is 0 Å². The minimum Gasteiger partial charge on any atom is -0.360 e. The summed E-state index contributed by atoms with van der Waals surface area (Å²) in [6.45, 7) is 2.33. The first-order chi connectivity index (χ1) is 7.00. The van der Waals surface area contributed by atoms with Gasteiger partial charge < -0.3 is 5.32 Å². The van der Waals surface area contributed by atoms with E-state index < -0.39 is 15.7 Å². The second-order valence-electron chi connectivity index (χ2n) is 2.95. The quantitative estimate of drug-likeness (QED) is 0.626. The fourth-order valence-corrected chi connectivity index (χ4v) is 1.74. The van der Waals surface area contributed by atoms with Gasteiger partial charge in [0.15, 0.2) is 5.13 Å². The maximum absolute atomic E-state index is 11.0. The molecule has 0 saturated heterocycles. The molecule has 15 heavy (non-hydrogen) atoms. The molecule has 0 amide bonds. The monoisotopic (exact) mass is 249 g/mol. The number of nitro groups is 1. The van der Waals surface area contributed by atoms with Crippen molar-refractivity contribution in [2.24, 2.45) is 0 Å². The van der Waals surface area contributed by atoms with Crippen LogP contribution in [-0.2, 0) is 10.8 Å². The Morgan fingerprint density at radius 1 is 1.80 bits per heavy atom. The number of aromatic nitrogens is 1. The molecule has 2 unspecified atom stereocenters. The topological polar surface area (TPSA) is 85.1 Å². The van der Waals surface area contributed by atoms with Crippen molar-refractivity contribution in [1.29, 1.82) is 0 Å². The van der Waals surface area contributed by atoms with Gasteiger partial charge in [-0.3, -0.25) is 14.3 Å². The van der Waals surface area contributed by atoms with Crippen LogP contribution in [0, 0.1) is 10.1 Å². The fraction of sp³-hybridized carbons (Fsp3) is 0.571. The lowest BCUT2D eigenvalue weighted by molar-refractivity contribution is -0.380. The Hall–Kier alpha value is -1.02. The highest BCUT2D eigenvalue weighted by atomic mass is 32.2. The summed E-state index contributed by atoms with van der Waals surface area (Å²) < 4.78 is 11.0. The van der Waals surface area contributed by atoms with Crippen LogP contribution in [0.25, 0.3) is 0 Å². The van der Waals surface area contributed by atoms with Gasteiger partial charge in [-0.05, 0) is 18.3 Å². The van der Waals surface area contributed by atoms with Gasteiger partial charge in [0.1, 0.15) is 6.20 Å². The third-order valence-electron chi connectivity index (χ3n) is 1.78. The highest BCUT2D eigenvalue weighted by Gasteiger charge is 2.12. The summed E-state index contributed by atoms with van der Waals surface area (Å²) in [5.41, 5.74) is 0. The van der Waals surface area contributed by atoms with Crippen LogP contribution in [-0.4, -0.2) is 32.2 Å². The number of anilines is 1. The van der Waals surface area contributed by atoms with Crippen LogP contribution in [0.2, 0.25) is 0 Å². The minimum atomic E-state index is -0.905. The molecule has 0 aliphatic carbocycles. The summed E-state index contributed by atoms with van der Waals surface area (Å²) in [7, 11) is -0.905. The summed E-state index contributed by atoms with van der Waals surface area (Å²) in [6.07, 6.45) is 2.83. The van der Waals surface area contributed by atoms with Crippen LogP contribution in [0.15, 0.2) is 6.20 Å². The third-order valence-corrected chi connectivity index (χ3v) is 3.99. The lowest BCUT2D eigenvalue weighted by atomic mass is 10.5. The van der Waals surface area contributed by atoms with Crippen molar-refractivity contribution >= 4 is 32.3 Å².